The molecule has 1 aromatic heterocycles. The largest absolute Gasteiger partial charge is 0.489 e. The molecule has 0 amide bonds. The summed E-state index contributed by atoms with van der Waals surface area (Å²) >= 11 is 0. The van der Waals surface area contributed by atoms with Crippen LogP contribution >= 0.6 is 0 Å². The zero-order valence-electron chi connectivity index (χ0n) is 10.0. The van der Waals surface area contributed by atoms with E-state index in [1.54, 1.807) is 12.4 Å². The Kier molecular flexibility index (Phi) is 6.33. The molecular weight excluding hydrogens is 204 g/mol. The average molecular weight is 224 g/mol. The minimum absolute atomic E-state index is 0.562. The van der Waals surface area contributed by atoms with Crippen LogP contribution in [0.2, 0.25) is 0 Å². The highest BCUT2D eigenvalue weighted by Crippen LogP contribution is 2.14. The molecule has 1 rings (SSSR count). The van der Waals surface area contributed by atoms with E-state index >= 15 is 0 Å². The number of rotatable bonds is 8. The molecular formula is C12H20N2O2. The van der Waals surface area contributed by atoms with Crippen LogP contribution in [0, 0.1) is 0 Å². The summed E-state index contributed by atoms with van der Waals surface area (Å²) in [5, 5.41) is 3.26. The van der Waals surface area contributed by atoms with Crippen LogP contribution in [0.1, 0.15) is 20.3 Å². The molecule has 1 aromatic rings. The van der Waals surface area contributed by atoms with Crippen LogP contribution in [0.15, 0.2) is 18.5 Å². The van der Waals surface area contributed by atoms with Gasteiger partial charge in [0.05, 0.1) is 24.7 Å². The molecule has 0 saturated heterocycles. The van der Waals surface area contributed by atoms with Crippen molar-refractivity contribution in [3.05, 3.63) is 18.5 Å². The van der Waals surface area contributed by atoms with Crippen molar-refractivity contribution in [3.63, 3.8) is 0 Å². The van der Waals surface area contributed by atoms with E-state index in [0.717, 1.165) is 31.0 Å². The number of hydrogen-bond donors (Lipinski definition) is 1. The monoisotopic (exact) mass is 224 g/mol. The number of ether oxygens (including phenoxy) is 2. The molecule has 0 aliphatic carbocycles. The third kappa shape index (κ3) is 4.98. The molecule has 0 aliphatic heterocycles. The Labute approximate surface area is 97.0 Å². The van der Waals surface area contributed by atoms with Crippen molar-refractivity contribution in [2.75, 3.05) is 31.7 Å². The molecule has 0 spiro atoms. The van der Waals surface area contributed by atoms with Crippen molar-refractivity contribution in [2.24, 2.45) is 0 Å². The van der Waals surface area contributed by atoms with Gasteiger partial charge in [-0.25, -0.2) is 0 Å². The van der Waals surface area contributed by atoms with E-state index in [2.05, 4.69) is 17.2 Å². The molecule has 0 bridgehead atoms. The van der Waals surface area contributed by atoms with Crippen molar-refractivity contribution in [1.29, 1.82) is 0 Å². The SMILES string of the molecule is CCCNc1cncc(OCCOCC)c1. The topological polar surface area (TPSA) is 43.4 Å². The van der Waals surface area contributed by atoms with Gasteiger partial charge < -0.3 is 14.8 Å². The highest BCUT2D eigenvalue weighted by Gasteiger charge is 1.97. The second-order valence-corrected chi connectivity index (χ2v) is 3.38. The summed E-state index contributed by atoms with van der Waals surface area (Å²) in [6.45, 7) is 6.94. The van der Waals surface area contributed by atoms with Gasteiger partial charge in [0, 0.05) is 19.2 Å². The number of nitrogens with zero attached hydrogens (tertiary/aromatic N) is 1. The van der Waals surface area contributed by atoms with E-state index in [-0.39, 0.29) is 0 Å². The van der Waals surface area contributed by atoms with Gasteiger partial charge in [-0.15, -0.1) is 0 Å². The Morgan fingerprint density at radius 3 is 2.88 bits per heavy atom. The van der Waals surface area contributed by atoms with Crippen LogP contribution < -0.4 is 10.1 Å². The highest BCUT2D eigenvalue weighted by atomic mass is 16.5. The van der Waals surface area contributed by atoms with E-state index in [4.69, 9.17) is 9.47 Å². The van der Waals surface area contributed by atoms with Crippen molar-refractivity contribution in [1.82, 2.24) is 4.98 Å². The molecule has 0 unspecified atom stereocenters. The minimum atomic E-state index is 0.562. The van der Waals surface area contributed by atoms with Crippen LogP contribution in [-0.4, -0.2) is 31.3 Å². The Morgan fingerprint density at radius 1 is 1.25 bits per heavy atom. The molecule has 16 heavy (non-hydrogen) atoms. The van der Waals surface area contributed by atoms with E-state index in [0.29, 0.717) is 13.2 Å². The normalized spacial score (nSPS) is 10.1. The summed E-state index contributed by atoms with van der Waals surface area (Å²) in [7, 11) is 0. The molecule has 1 heterocycles. The lowest BCUT2D eigenvalue weighted by atomic mass is 10.4. The number of hydrogen-bond acceptors (Lipinski definition) is 4. The highest BCUT2D eigenvalue weighted by molar-refractivity contribution is 5.44. The van der Waals surface area contributed by atoms with Crippen LogP contribution in [0.25, 0.3) is 0 Å². The fourth-order valence-corrected chi connectivity index (χ4v) is 1.23. The number of anilines is 1. The Bertz CT molecular complexity index is 292. The third-order valence-corrected chi connectivity index (χ3v) is 1.99. The molecule has 4 nitrogen and oxygen atoms in total. The van der Waals surface area contributed by atoms with E-state index < -0.39 is 0 Å². The van der Waals surface area contributed by atoms with Crippen molar-refractivity contribution < 1.29 is 9.47 Å². The Balaban J connectivity index is 2.35. The fraction of sp³-hybridized carbons (Fsp3) is 0.583. The predicted molar refractivity (Wildman–Crippen MR) is 65.0 cm³/mol. The lowest BCUT2D eigenvalue weighted by Crippen LogP contribution is -2.07. The molecule has 0 aliphatic rings. The molecule has 4 heteroatoms. The second-order valence-electron chi connectivity index (χ2n) is 3.38. The summed E-state index contributed by atoms with van der Waals surface area (Å²) in [5.74, 6) is 0.779. The first kappa shape index (κ1) is 12.8. The van der Waals surface area contributed by atoms with Gasteiger partial charge in [0.1, 0.15) is 12.4 Å². The Hall–Kier alpha value is -1.29. The summed E-state index contributed by atoms with van der Waals surface area (Å²) in [4.78, 5) is 4.11. The van der Waals surface area contributed by atoms with Gasteiger partial charge in [0.15, 0.2) is 0 Å². The van der Waals surface area contributed by atoms with Gasteiger partial charge >= 0.3 is 0 Å². The zero-order chi connectivity index (χ0) is 11.6. The molecule has 0 fully saturated rings. The molecule has 0 saturated carbocycles. The first-order valence-electron chi connectivity index (χ1n) is 5.76. The number of pyridine rings is 1. The van der Waals surface area contributed by atoms with Gasteiger partial charge in [-0.2, -0.15) is 0 Å². The molecule has 90 valence electrons. The van der Waals surface area contributed by atoms with Gasteiger partial charge in [-0.05, 0) is 13.3 Å². The Morgan fingerprint density at radius 2 is 2.12 bits per heavy atom. The van der Waals surface area contributed by atoms with Crippen LogP contribution in [0.5, 0.6) is 5.75 Å². The van der Waals surface area contributed by atoms with Gasteiger partial charge in [0.25, 0.3) is 0 Å². The predicted octanol–water partition coefficient (Wildman–Crippen LogP) is 2.32. The van der Waals surface area contributed by atoms with Gasteiger partial charge in [0.2, 0.25) is 0 Å². The van der Waals surface area contributed by atoms with Crippen molar-refractivity contribution in [2.45, 2.75) is 20.3 Å². The number of aromatic nitrogens is 1. The lowest BCUT2D eigenvalue weighted by Gasteiger charge is -2.08. The minimum Gasteiger partial charge on any atom is -0.489 e. The first-order valence-corrected chi connectivity index (χ1v) is 5.76. The molecule has 1 N–H and O–H groups in total. The maximum Gasteiger partial charge on any atom is 0.139 e. The second kappa shape index (κ2) is 7.93. The molecule has 0 atom stereocenters. The standard InChI is InChI=1S/C12H20N2O2/c1-3-5-14-11-8-12(10-13-9-11)16-7-6-15-4-2/h8-10,14H,3-7H2,1-2H3. The maximum absolute atomic E-state index is 5.50. The van der Waals surface area contributed by atoms with E-state index in [9.17, 15) is 0 Å². The van der Waals surface area contributed by atoms with E-state index in [1.165, 1.54) is 0 Å². The first-order chi connectivity index (χ1) is 7.86. The zero-order valence-corrected chi connectivity index (χ0v) is 10.0. The van der Waals surface area contributed by atoms with Crippen LogP contribution in [0.4, 0.5) is 5.69 Å². The quantitative estimate of drug-likeness (QED) is 0.688. The smallest absolute Gasteiger partial charge is 0.139 e. The van der Waals surface area contributed by atoms with Crippen LogP contribution in [-0.2, 0) is 4.74 Å². The van der Waals surface area contributed by atoms with Crippen molar-refractivity contribution >= 4 is 5.69 Å². The summed E-state index contributed by atoms with van der Waals surface area (Å²) in [6, 6.07) is 1.95. The molecule has 0 radical (unpaired) electrons. The molecule has 0 aromatic carbocycles. The summed E-state index contributed by atoms with van der Waals surface area (Å²) < 4.78 is 10.7. The summed E-state index contributed by atoms with van der Waals surface area (Å²) in [6.07, 6.45) is 4.60. The number of nitrogens with one attached hydrogen (secondary N) is 1. The van der Waals surface area contributed by atoms with Gasteiger partial charge in [-0.1, -0.05) is 6.92 Å². The summed E-state index contributed by atoms with van der Waals surface area (Å²) in [5.41, 5.74) is 0.996. The average Bonchev–Trinajstić information content (AvgIpc) is 2.33. The third-order valence-electron chi connectivity index (χ3n) is 1.99. The van der Waals surface area contributed by atoms with Gasteiger partial charge in [-0.3, -0.25) is 4.98 Å². The maximum atomic E-state index is 5.50. The van der Waals surface area contributed by atoms with Crippen LogP contribution in [0.3, 0.4) is 0 Å². The van der Waals surface area contributed by atoms with Crippen molar-refractivity contribution in [3.8, 4) is 5.75 Å². The van der Waals surface area contributed by atoms with E-state index in [1.807, 2.05) is 13.0 Å². The lowest BCUT2D eigenvalue weighted by molar-refractivity contribution is 0.110. The fourth-order valence-electron chi connectivity index (χ4n) is 1.23.